The van der Waals surface area contributed by atoms with Crippen LogP contribution in [-0.4, -0.2) is 63.4 Å². The molecule has 0 unspecified atom stereocenters. The Labute approximate surface area is 298 Å². The molecule has 2 amide bonds. The molecule has 7 rings (SSSR count). The van der Waals surface area contributed by atoms with Crippen LogP contribution in [0, 0.1) is 0 Å². The first-order chi connectivity index (χ1) is 24.2. The van der Waals surface area contributed by atoms with Gasteiger partial charge in [-0.25, -0.2) is 9.97 Å². The van der Waals surface area contributed by atoms with Gasteiger partial charge in [-0.3, -0.25) is 23.7 Å². The molecule has 2 fully saturated rings. The number of halogens is 2. The van der Waals surface area contributed by atoms with Crippen molar-refractivity contribution in [1.82, 2.24) is 29.9 Å². The Morgan fingerprint density at radius 2 is 1.74 bits per heavy atom. The fraction of sp³-hybridized carbons (Fsp3) is 0.270. The van der Waals surface area contributed by atoms with E-state index in [2.05, 4.69) is 15.6 Å². The van der Waals surface area contributed by atoms with E-state index in [1.165, 1.54) is 4.40 Å². The molecule has 5 aromatic rings. The number of likely N-dealkylation sites (tertiary alicyclic amines) is 1. The van der Waals surface area contributed by atoms with E-state index in [4.69, 9.17) is 38.7 Å². The lowest BCUT2D eigenvalue weighted by Crippen LogP contribution is -2.54. The van der Waals surface area contributed by atoms with E-state index in [0.29, 0.717) is 71.9 Å². The van der Waals surface area contributed by atoms with Gasteiger partial charge in [-0.1, -0.05) is 65.7 Å². The number of primary amides is 1. The Bertz CT molecular complexity index is 2190. The molecule has 5 heterocycles. The Kier molecular flexibility index (Phi) is 9.56. The Morgan fingerprint density at radius 3 is 2.42 bits per heavy atom. The SMILES string of the molecule is COc1nc(-c2cccc(-c3cccc(-c4ccn5c(=O)c(CN6CC[C@H]6C(N)=O)cnc5c4)c3Cl)c2Cl)ccc1CNC[C@H]1CCC(=O)N1. The van der Waals surface area contributed by atoms with Crippen LogP contribution >= 0.6 is 23.2 Å². The van der Waals surface area contributed by atoms with Gasteiger partial charge >= 0.3 is 0 Å². The topological polar surface area (TPSA) is 144 Å². The van der Waals surface area contributed by atoms with Crippen molar-refractivity contribution in [3.8, 4) is 39.4 Å². The first kappa shape index (κ1) is 33.7. The number of hydrogen-bond acceptors (Lipinski definition) is 8. The van der Waals surface area contributed by atoms with Gasteiger partial charge in [0.25, 0.3) is 5.56 Å². The highest BCUT2D eigenvalue weighted by atomic mass is 35.5. The Hall–Kier alpha value is -4.81. The second-order valence-corrected chi connectivity index (χ2v) is 13.3. The molecule has 0 aliphatic carbocycles. The van der Waals surface area contributed by atoms with Crippen molar-refractivity contribution in [3.63, 3.8) is 0 Å². The fourth-order valence-electron chi connectivity index (χ4n) is 6.60. The number of benzene rings is 2. The lowest BCUT2D eigenvalue weighted by atomic mass is 9.97. The lowest BCUT2D eigenvalue weighted by Gasteiger charge is -2.38. The monoisotopic (exact) mass is 711 g/mol. The van der Waals surface area contributed by atoms with Gasteiger partial charge in [0.2, 0.25) is 17.7 Å². The molecular weight excluding hydrogens is 677 g/mol. The number of rotatable bonds is 11. The number of pyridine rings is 2. The first-order valence-electron chi connectivity index (χ1n) is 16.4. The number of carbonyl (C=O) groups is 2. The van der Waals surface area contributed by atoms with Crippen LogP contribution in [0.3, 0.4) is 0 Å². The third-order valence-corrected chi connectivity index (χ3v) is 10.2. The summed E-state index contributed by atoms with van der Waals surface area (Å²) in [5.41, 5.74) is 11.5. The number of aromatic nitrogens is 3. The third-order valence-electron chi connectivity index (χ3n) is 9.41. The van der Waals surface area contributed by atoms with Crippen molar-refractivity contribution in [1.29, 1.82) is 0 Å². The van der Waals surface area contributed by atoms with Crippen molar-refractivity contribution in [2.75, 3.05) is 20.2 Å². The van der Waals surface area contributed by atoms with Gasteiger partial charge in [-0.05, 0) is 36.6 Å². The molecule has 2 saturated heterocycles. The highest BCUT2D eigenvalue weighted by Crippen LogP contribution is 2.42. The zero-order chi connectivity index (χ0) is 34.9. The quantitative estimate of drug-likeness (QED) is 0.177. The summed E-state index contributed by atoms with van der Waals surface area (Å²) in [7, 11) is 1.59. The van der Waals surface area contributed by atoms with Crippen LogP contribution in [0.2, 0.25) is 10.0 Å². The first-order valence-corrected chi connectivity index (χ1v) is 17.1. The minimum absolute atomic E-state index is 0.0896. The van der Waals surface area contributed by atoms with Crippen molar-refractivity contribution in [3.05, 3.63) is 105 Å². The summed E-state index contributed by atoms with van der Waals surface area (Å²) in [6.45, 7) is 2.21. The third kappa shape index (κ3) is 6.57. The van der Waals surface area contributed by atoms with Crippen molar-refractivity contribution in [2.45, 2.75) is 44.4 Å². The summed E-state index contributed by atoms with van der Waals surface area (Å²) in [5.74, 6) is 0.190. The molecule has 2 atom stereocenters. The van der Waals surface area contributed by atoms with Gasteiger partial charge in [0, 0.05) is 78.9 Å². The predicted octanol–water partition coefficient (Wildman–Crippen LogP) is 4.83. The highest BCUT2D eigenvalue weighted by Gasteiger charge is 2.33. The molecule has 3 aromatic heterocycles. The number of nitrogens with zero attached hydrogens (tertiary/aromatic N) is 4. The summed E-state index contributed by atoms with van der Waals surface area (Å²) < 4.78 is 7.13. The van der Waals surface area contributed by atoms with E-state index in [0.717, 1.165) is 39.8 Å². The number of nitrogens with one attached hydrogen (secondary N) is 2. The molecule has 50 heavy (non-hydrogen) atoms. The maximum Gasteiger partial charge on any atom is 0.262 e. The average Bonchev–Trinajstić information content (AvgIpc) is 3.52. The van der Waals surface area contributed by atoms with E-state index in [1.807, 2.05) is 65.6 Å². The number of nitrogens with two attached hydrogens (primary N) is 1. The zero-order valence-corrected chi connectivity index (χ0v) is 28.8. The summed E-state index contributed by atoms with van der Waals surface area (Å²) >= 11 is 14.2. The number of fused-ring (bicyclic) bond motifs is 1. The normalized spacial score (nSPS) is 17.5. The minimum atomic E-state index is -0.384. The number of hydrogen-bond donors (Lipinski definition) is 3. The molecule has 0 spiro atoms. The van der Waals surface area contributed by atoms with Gasteiger partial charge in [-0.2, -0.15) is 0 Å². The van der Waals surface area contributed by atoms with Crippen molar-refractivity contribution in [2.24, 2.45) is 5.73 Å². The molecule has 2 aliphatic heterocycles. The number of amides is 2. The van der Waals surface area contributed by atoms with Crippen LogP contribution in [0.1, 0.15) is 30.4 Å². The van der Waals surface area contributed by atoms with Crippen LogP contribution in [0.15, 0.2) is 77.9 Å². The van der Waals surface area contributed by atoms with Crippen LogP contribution in [-0.2, 0) is 22.7 Å². The molecule has 2 aromatic carbocycles. The molecule has 13 heteroatoms. The summed E-state index contributed by atoms with van der Waals surface area (Å²) in [6.07, 6.45) is 5.33. The standard InChI is InChI=1S/C37H35Cl2N7O4/c1-50-36-22(17-41-19-24-9-11-32(47)43-24)8-10-29(44-36)28-7-3-6-27(34(28)39)26-5-2-4-25(33(26)38)21-12-15-46-31(16-21)42-18-23(37(46)49)20-45-14-13-30(45)35(40)48/h2-8,10,12,15-16,18,24,30,41H,9,11,13-14,17,19-20H2,1H3,(H2,40,48)(H,43,47)/t24-,30+/m1/s1. The molecule has 0 bridgehead atoms. The largest absolute Gasteiger partial charge is 0.481 e. The van der Waals surface area contributed by atoms with Crippen molar-refractivity contribution >= 4 is 40.7 Å². The van der Waals surface area contributed by atoms with E-state index in [9.17, 15) is 14.4 Å². The molecule has 0 saturated carbocycles. The molecule has 0 radical (unpaired) electrons. The highest BCUT2D eigenvalue weighted by molar-refractivity contribution is 6.39. The number of ether oxygens (including phenoxy) is 1. The zero-order valence-electron chi connectivity index (χ0n) is 27.3. The Balaban J connectivity index is 1.14. The van der Waals surface area contributed by atoms with Crippen LogP contribution in [0.4, 0.5) is 0 Å². The van der Waals surface area contributed by atoms with Gasteiger partial charge in [-0.15, -0.1) is 0 Å². The lowest BCUT2D eigenvalue weighted by molar-refractivity contribution is -0.127. The molecule has 2 aliphatic rings. The second kappa shape index (κ2) is 14.2. The number of carbonyl (C=O) groups excluding carboxylic acids is 2. The van der Waals surface area contributed by atoms with Gasteiger partial charge < -0.3 is 21.1 Å². The molecule has 4 N–H and O–H groups in total. The van der Waals surface area contributed by atoms with Crippen LogP contribution < -0.4 is 26.7 Å². The average molecular weight is 713 g/mol. The maximum absolute atomic E-state index is 13.3. The van der Waals surface area contributed by atoms with E-state index >= 15 is 0 Å². The summed E-state index contributed by atoms with van der Waals surface area (Å²) in [6, 6.07) is 18.8. The maximum atomic E-state index is 13.3. The predicted molar refractivity (Wildman–Crippen MR) is 193 cm³/mol. The fourth-order valence-corrected chi connectivity index (χ4v) is 7.26. The minimum Gasteiger partial charge on any atom is -0.481 e. The molecule has 11 nitrogen and oxygen atoms in total. The van der Waals surface area contributed by atoms with Crippen LogP contribution in [0.5, 0.6) is 5.88 Å². The Morgan fingerprint density at radius 1 is 1.00 bits per heavy atom. The van der Waals surface area contributed by atoms with E-state index < -0.39 is 0 Å². The van der Waals surface area contributed by atoms with E-state index in [-0.39, 0.29) is 29.5 Å². The molecule has 256 valence electrons. The van der Waals surface area contributed by atoms with E-state index in [1.54, 1.807) is 19.5 Å². The smallest absolute Gasteiger partial charge is 0.262 e. The summed E-state index contributed by atoms with van der Waals surface area (Å²) in [5, 5.41) is 7.33. The number of methoxy groups -OCH3 is 1. The van der Waals surface area contributed by atoms with Gasteiger partial charge in [0.05, 0.1) is 34.5 Å². The van der Waals surface area contributed by atoms with Crippen LogP contribution in [0.25, 0.3) is 39.2 Å². The molecular formula is C37H35Cl2N7O4. The van der Waals surface area contributed by atoms with Gasteiger partial charge in [0.1, 0.15) is 5.65 Å². The van der Waals surface area contributed by atoms with Crippen molar-refractivity contribution < 1.29 is 14.3 Å². The second-order valence-electron chi connectivity index (χ2n) is 12.5. The van der Waals surface area contributed by atoms with Gasteiger partial charge in [0.15, 0.2) is 0 Å². The summed E-state index contributed by atoms with van der Waals surface area (Å²) in [4.78, 5) is 47.7.